The fourth-order valence-electron chi connectivity index (χ4n) is 2.89. The van der Waals surface area contributed by atoms with Gasteiger partial charge in [-0.2, -0.15) is 0 Å². The lowest BCUT2D eigenvalue weighted by atomic mass is 10.2. The fraction of sp³-hybridized carbons (Fsp3) is 0.300. The van der Waals surface area contributed by atoms with Gasteiger partial charge in [-0.1, -0.05) is 6.07 Å². The molecule has 3 heterocycles. The molecular weight excluding hydrogens is 392 g/mol. The van der Waals surface area contributed by atoms with Crippen LogP contribution in [-0.2, 0) is 13.0 Å². The van der Waals surface area contributed by atoms with E-state index in [1.165, 1.54) is 9.75 Å². The van der Waals surface area contributed by atoms with Gasteiger partial charge in [-0.05, 0) is 43.2 Å². The number of hydrogen-bond acceptors (Lipinski definition) is 6. The Kier molecular flexibility index (Phi) is 5.78. The summed E-state index contributed by atoms with van der Waals surface area (Å²) >= 11 is 3.49. The van der Waals surface area contributed by atoms with E-state index >= 15 is 0 Å². The Morgan fingerprint density at radius 2 is 2.07 bits per heavy atom. The lowest BCUT2D eigenvalue weighted by Gasteiger charge is -2.12. The molecule has 0 unspecified atom stereocenters. The lowest BCUT2D eigenvalue weighted by molar-refractivity contribution is 0.174. The minimum absolute atomic E-state index is 0.294. The highest BCUT2D eigenvalue weighted by Gasteiger charge is 2.13. The first-order valence-electron chi connectivity index (χ1n) is 9.05. The number of thiophene rings is 1. The molecule has 146 valence electrons. The summed E-state index contributed by atoms with van der Waals surface area (Å²) in [6.45, 7) is 3.82. The third-order valence-electron chi connectivity index (χ3n) is 4.32. The van der Waals surface area contributed by atoms with Gasteiger partial charge >= 0.3 is 0 Å². The van der Waals surface area contributed by atoms with Crippen LogP contribution in [0.3, 0.4) is 0 Å². The van der Waals surface area contributed by atoms with E-state index in [0.29, 0.717) is 13.3 Å². The van der Waals surface area contributed by atoms with Crippen molar-refractivity contribution in [3.05, 3.63) is 51.2 Å². The molecule has 2 N–H and O–H groups in total. The minimum atomic E-state index is 0.294. The second-order valence-corrected chi connectivity index (χ2v) is 8.54. The maximum Gasteiger partial charge on any atom is 0.231 e. The van der Waals surface area contributed by atoms with Crippen LogP contribution < -0.4 is 20.1 Å². The highest BCUT2D eigenvalue weighted by atomic mass is 32.1. The number of rotatable bonds is 6. The van der Waals surface area contributed by atoms with Crippen LogP contribution in [0, 0.1) is 6.92 Å². The summed E-state index contributed by atoms with van der Waals surface area (Å²) in [5, 5.41) is 9.92. The molecule has 28 heavy (non-hydrogen) atoms. The van der Waals surface area contributed by atoms with Gasteiger partial charge in [-0.15, -0.1) is 22.7 Å². The molecule has 0 radical (unpaired) electrons. The van der Waals surface area contributed by atoms with E-state index in [1.54, 1.807) is 29.7 Å². The van der Waals surface area contributed by atoms with Gasteiger partial charge < -0.3 is 20.1 Å². The number of ether oxygens (including phenoxy) is 2. The van der Waals surface area contributed by atoms with Crippen LogP contribution >= 0.6 is 22.7 Å². The predicted octanol–water partition coefficient (Wildman–Crippen LogP) is 3.82. The van der Waals surface area contributed by atoms with Crippen LogP contribution in [0.2, 0.25) is 0 Å². The summed E-state index contributed by atoms with van der Waals surface area (Å²) in [6, 6.07) is 10.3. The molecule has 1 aromatic carbocycles. The third-order valence-corrected chi connectivity index (χ3v) is 6.26. The highest BCUT2D eigenvalue weighted by molar-refractivity contribution is 7.16. The second-order valence-electron chi connectivity index (χ2n) is 6.31. The van der Waals surface area contributed by atoms with Crippen molar-refractivity contribution in [2.75, 3.05) is 20.4 Å². The van der Waals surface area contributed by atoms with E-state index in [1.807, 2.05) is 25.1 Å². The zero-order valence-electron chi connectivity index (χ0n) is 15.8. The van der Waals surface area contributed by atoms with E-state index in [0.717, 1.165) is 46.7 Å². The minimum Gasteiger partial charge on any atom is -0.454 e. The molecule has 1 aliphatic heterocycles. The van der Waals surface area contributed by atoms with Crippen molar-refractivity contribution >= 4 is 28.6 Å². The number of nitrogens with zero attached hydrogens (tertiary/aromatic N) is 2. The van der Waals surface area contributed by atoms with E-state index in [2.05, 4.69) is 38.1 Å². The zero-order chi connectivity index (χ0) is 19.3. The number of guanidine groups is 1. The Morgan fingerprint density at radius 3 is 2.89 bits per heavy atom. The molecule has 1 aliphatic rings. The Bertz CT molecular complexity index is 980. The van der Waals surface area contributed by atoms with Crippen molar-refractivity contribution in [1.29, 1.82) is 0 Å². The molecule has 0 amide bonds. The highest BCUT2D eigenvalue weighted by Crippen LogP contribution is 2.32. The van der Waals surface area contributed by atoms with Crippen LogP contribution in [-0.4, -0.2) is 31.3 Å². The van der Waals surface area contributed by atoms with Gasteiger partial charge in [0.05, 0.1) is 15.6 Å². The number of benzene rings is 1. The van der Waals surface area contributed by atoms with Crippen molar-refractivity contribution < 1.29 is 9.47 Å². The number of aryl methyl sites for hydroxylation is 1. The maximum absolute atomic E-state index is 5.42. The first-order valence-corrected chi connectivity index (χ1v) is 10.7. The smallest absolute Gasteiger partial charge is 0.231 e. The molecule has 0 fully saturated rings. The van der Waals surface area contributed by atoms with Crippen molar-refractivity contribution in [3.8, 4) is 22.1 Å². The molecule has 8 heteroatoms. The summed E-state index contributed by atoms with van der Waals surface area (Å²) in [5.74, 6) is 2.38. The van der Waals surface area contributed by atoms with Gasteiger partial charge in [0.25, 0.3) is 0 Å². The van der Waals surface area contributed by atoms with Crippen LogP contribution in [0.5, 0.6) is 11.5 Å². The number of thiazole rings is 1. The van der Waals surface area contributed by atoms with Gasteiger partial charge in [-0.25, -0.2) is 4.98 Å². The van der Waals surface area contributed by atoms with E-state index in [9.17, 15) is 0 Å². The summed E-state index contributed by atoms with van der Waals surface area (Å²) < 4.78 is 10.8. The van der Waals surface area contributed by atoms with E-state index in [-0.39, 0.29) is 0 Å². The molecule has 3 aromatic rings. The third kappa shape index (κ3) is 4.45. The average Bonchev–Trinajstić information content (AvgIpc) is 3.44. The summed E-state index contributed by atoms with van der Waals surface area (Å²) in [6.07, 6.45) is 0.943. The molecule has 0 atom stereocenters. The Balaban J connectivity index is 1.25. The first-order chi connectivity index (χ1) is 13.7. The van der Waals surface area contributed by atoms with Gasteiger partial charge in [0.2, 0.25) is 6.79 Å². The molecule has 0 aliphatic carbocycles. The number of aliphatic imine (C=N–C) groups is 1. The number of fused-ring (bicyclic) bond motifs is 1. The first kappa shape index (κ1) is 18.8. The van der Waals surface area contributed by atoms with Gasteiger partial charge in [0.15, 0.2) is 17.5 Å². The second kappa shape index (κ2) is 8.62. The standard InChI is InChI=1S/C20H22N4O2S2/c1-13-24-16(11-27-13)19-6-4-15(28-19)7-8-22-20(21-2)23-10-14-3-5-17-18(9-14)26-12-25-17/h3-6,9,11H,7-8,10,12H2,1-2H3,(H2,21,22,23). The van der Waals surface area contributed by atoms with Crippen molar-refractivity contribution in [2.45, 2.75) is 19.9 Å². The Morgan fingerprint density at radius 1 is 1.18 bits per heavy atom. The SMILES string of the molecule is CN=C(NCCc1ccc(-c2csc(C)n2)s1)NCc1ccc2c(c1)OCO2. The van der Waals surface area contributed by atoms with Crippen LogP contribution in [0.15, 0.2) is 40.7 Å². The van der Waals surface area contributed by atoms with Gasteiger partial charge in [-0.3, -0.25) is 4.99 Å². The van der Waals surface area contributed by atoms with Crippen molar-refractivity contribution in [1.82, 2.24) is 15.6 Å². The average molecular weight is 415 g/mol. The lowest BCUT2D eigenvalue weighted by Crippen LogP contribution is -2.37. The largest absolute Gasteiger partial charge is 0.454 e. The molecule has 2 aromatic heterocycles. The molecule has 0 saturated heterocycles. The molecule has 0 spiro atoms. The molecule has 4 rings (SSSR count). The zero-order valence-corrected chi connectivity index (χ0v) is 17.5. The molecule has 6 nitrogen and oxygen atoms in total. The van der Waals surface area contributed by atoms with Crippen LogP contribution in [0.1, 0.15) is 15.4 Å². The number of hydrogen-bond donors (Lipinski definition) is 2. The van der Waals surface area contributed by atoms with Crippen molar-refractivity contribution in [3.63, 3.8) is 0 Å². The molecule has 0 saturated carbocycles. The van der Waals surface area contributed by atoms with E-state index in [4.69, 9.17) is 9.47 Å². The Labute approximate surface area is 172 Å². The summed E-state index contributed by atoms with van der Waals surface area (Å²) in [5.41, 5.74) is 2.20. The monoisotopic (exact) mass is 414 g/mol. The summed E-state index contributed by atoms with van der Waals surface area (Å²) in [7, 11) is 1.78. The number of nitrogens with one attached hydrogen (secondary N) is 2. The normalized spacial score (nSPS) is 13.0. The van der Waals surface area contributed by atoms with Crippen molar-refractivity contribution in [2.24, 2.45) is 4.99 Å². The molecule has 0 bridgehead atoms. The van der Waals surface area contributed by atoms with Crippen LogP contribution in [0.25, 0.3) is 10.6 Å². The van der Waals surface area contributed by atoms with Gasteiger partial charge in [0.1, 0.15) is 0 Å². The quantitative estimate of drug-likeness (QED) is 0.474. The van der Waals surface area contributed by atoms with E-state index < -0.39 is 0 Å². The fourth-order valence-corrected chi connectivity index (χ4v) is 4.54. The summed E-state index contributed by atoms with van der Waals surface area (Å²) in [4.78, 5) is 11.4. The molecular formula is C20H22N4O2S2. The number of aromatic nitrogens is 1. The Hall–Kier alpha value is -2.58. The van der Waals surface area contributed by atoms with Gasteiger partial charge in [0, 0.05) is 30.4 Å². The maximum atomic E-state index is 5.42. The predicted molar refractivity (Wildman–Crippen MR) is 115 cm³/mol. The van der Waals surface area contributed by atoms with Crippen LogP contribution in [0.4, 0.5) is 0 Å². The topological polar surface area (TPSA) is 67.8 Å².